The molecule has 1 unspecified atom stereocenters. The molecule has 0 aliphatic heterocycles. The number of rotatable bonds is 3. The van der Waals surface area contributed by atoms with Gasteiger partial charge in [0.25, 0.3) is 0 Å². The summed E-state index contributed by atoms with van der Waals surface area (Å²) >= 11 is 0. The molecule has 0 aliphatic carbocycles. The van der Waals surface area contributed by atoms with Crippen molar-refractivity contribution in [2.75, 3.05) is 12.8 Å². The number of hydrogen-bond donors (Lipinski definition) is 2. The van der Waals surface area contributed by atoms with Crippen molar-refractivity contribution in [3.05, 3.63) is 53.2 Å². The third-order valence-electron chi connectivity index (χ3n) is 3.21. The summed E-state index contributed by atoms with van der Waals surface area (Å²) in [5.41, 5.74) is 6.83. The van der Waals surface area contributed by atoms with E-state index in [1.165, 1.54) is 0 Å². The zero-order valence-electron chi connectivity index (χ0n) is 11.3. The third kappa shape index (κ3) is 2.39. The first-order valence-electron chi connectivity index (χ1n) is 6.05. The van der Waals surface area contributed by atoms with Crippen LogP contribution in [0.2, 0.25) is 0 Å². The van der Waals surface area contributed by atoms with E-state index >= 15 is 0 Å². The van der Waals surface area contributed by atoms with Gasteiger partial charge in [0, 0.05) is 17.3 Å². The van der Waals surface area contributed by atoms with Crippen LogP contribution in [-0.4, -0.2) is 17.2 Å². The molecule has 0 aliphatic rings. The number of hydrogen-bond acceptors (Lipinski definition) is 4. The molecule has 0 saturated heterocycles. The Morgan fingerprint density at radius 1 is 1.26 bits per heavy atom. The molecule has 4 heteroatoms. The van der Waals surface area contributed by atoms with Crippen LogP contribution in [0.4, 0.5) is 5.82 Å². The molecular weight excluding hydrogens is 240 g/mol. The first kappa shape index (κ1) is 13.4. The smallest absolute Gasteiger partial charge is 0.129 e. The lowest BCUT2D eigenvalue weighted by Gasteiger charge is -2.27. The van der Waals surface area contributed by atoms with Crippen molar-refractivity contribution in [2.45, 2.75) is 19.4 Å². The summed E-state index contributed by atoms with van der Waals surface area (Å²) in [4.78, 5) is 4.10. The quantitative estimate of drug-likeness (QED) is 0.886. The zero-order chi connectivity index (χ0) is 14.0. The van der Waals surface area contributed by atoms with E-state index in [0.717, 1.165) is 5.56 Å². The lowest BCUT2D eigenvalue weighted by atomic mass is 9.87. The van der Waals surface area contributed by atoms with Gasteiger partial charge in [0.1, 0.15) is 17.2 Å². The second-order valence-corrected chi connectivity index (χ2v) is 4.72. The highest BCUT2D eigenvalue weighted by molar-refractivity contribution is 5.52. The van der Waals surface area contributed by atoms with Crippen LogP contribution in [0.25, 0.3) is 0 Å². The van der Waals surface area contributed by atoms with Gasteiger partial charge in [-0.15, -0.1) is 0 Å². The molecule has 19 heavy (non-hydrogen) atoms. The number of anilines is 1. The minimum absolute atomic E-state index is 0.321. The molecule has 1 atom stereocenters. The molecule has 3 N–H and O–H groups in total. The predicted octanol–water partition coefficient (Wildman–Crippen LogP) is 2.24. The van der Waals surface area contributed by atoms with Gasteiger partial charge >= 0.3 is 0 Å². The Hall–Kier alpha value is -2.07. The highest BCUT2D eigenvalue weighted by Crippen LogP contribution is 2.37. The normalized spacial score (nSPS) is 13.9. The van der Waals surface area contributed by atoms with Gasteiger partial charge in [-0.3, -0.25) is 0 Å². The minimum atomic E-state index is -1.25. The monoisotopic (exact) mass is 258 g/mol. The summed E-state index contributed by atoms with van der Waals surface area (Å²) in [6.45, 7) is 3.60. The van der Waals surface area contributed by atoms with Gasteiger partial charge in [0.15, 0.2) is 0 Å². The number of pyridine rings is 1. The lowest BCUT2D eigenvalue weighted by Crippen LogP contribution is -2.25. The van der Waals surface area contributed by atoms with Gasteiger partial charge in [-0.2, -0.15) is 0 Å². The van der Waals surface area contributed by atoms with Gasteiger partial charge in [0.05, 0.1) is 7.11 Å². The highest BCUT2D eigenvalue weighted by Gasteiger charge is 2.31. The zero-order valence-corrected chi connectivity index (χ0v) is 11.3. The Kier molecular flexibility index (Phi) is 3.44. The maximum atomic E-state index is 10.9. The molecule has 1 aromatic heterocycles. The lowest BCUT2D eigenvalue weighted by molar-refractivity contribution is 0.0994. The summed E-state index contributed by atoms with van der Waals surface area (Å²) < 4.78 is 5.30. The van der Waals surface area contributed by atoms with Crippen LogP contribution in [0.15, 0.2) is 36.5 Å². The molecule has 0 saturated carbocycles. The van der Waals surface area contributed by atoms with E-state index < -0.39 is 5.60 Å². The SMILES string of the molecule is COc1ccccc1C(C)(O)c1cc(C)cnc1N. The van der Waals surface area contributed by atoms with Gasteiger partial charge < -0.3 is 15.6 Å². The molecule has 1 heterocycles. The van der Waals surface area contributed by atoms with Crippen LogP contribution in [0.5, 0.6) is 5.75 Å². The number of aromatic nitrogens is 1. The maximum Gasteiger partial charge on any atom is 0.129 e. The predicted molar refractivity (Wildman–Crippen MR) is 75.1 cm³/mol. The van der Waals surface area contributed by atoms with Crippen LogP contribution in [0, 0.1) is 6.92 Å². The van der Waals surface area contributed by atoms with Gasteiger partial charge in [-0.05, 0) is 31.5 Å². The summed E-state index contributed by atoms with van der Waals surface area (Å²) in [6, 6.07) is 9.18. The molecule has 4 nitrogen and oxygen atoms in total. The summed E-state index contributed by atoms with van der Waals surface area (Å²) in [7, 11) is 1.58. The third-order valence-corrected chi connectivity index (χ3v) is 3.21. The van der Waals surface area contributed by atoms with Crippen LogP contribution >= 0.6 is 0 Å². The Bertz CT molecular complexity index is 594. The molecule has 1 aromatic carbocycles. The fourth-order valence-electron chi connectivity index (χ4n) is 2.16. The second kappa shape index (κ2) is 4.90. The molecule has 100 valence electrons. The number of nitrogen functional groups attached to an aromatic ring is 1. The van der Waals surface area contributed by atoms with Crippen LogP contribution in [0.3, 0.4) is 0 Å². The van der Waals surface area contributed by atoms with Crippen molar-refractivity contribution in [2.24, 2.45) is 0 Å². The molecule has 0 radical (unpaired) electrons. The van der Waals surface area contributed by atoms with E-state index in [2.05, 4.69) is 4.98 Å². The summed E-state index contributed by atoms with van der Waals surface area (Å²) in [5, 5.41) is 10.9. The van der Waals surface area contributed by atoms with Crippen LogP contribution in [0.1, 0.15) is 23.6 Å². The summed E-state index contributed by atoms with van der Waals surface area (Å²) in [5.74, 6) is 0.940. The van der Waals surface area contributed by atoms with Gasteiger partial charge in [0.2, 0.25) is 0 Å². The number of aryl methyl sites for hydroxylation is 1. The van der Waals surface area contributed by atoms with Crippen LogP contribution < -0.4 is 10.5 Å². The molecule has 0 spiro atoms. The Morgan fingerprint density at radius 3 is 2.63 bits per heavy atom. The van der Waals surface area contributed by atoms with Crippen molar-refractivity contribution in [3.63, 3.8) is 0 Å². The van der Waals surface area contributed by atoms with Crippen molar-refractivity contribution >= 4 is 5.82 Å². The molecule has 0 amide bonds. The fraction of sp³-hybridized carbons (Fsp3) is 0.267. The number of benzene rings is 1. The highest BCUT2D eigenvalue weighted by atomic mass is 16.5. The number of aliphatic hydroxyl groups is 1. The van der Waals surface area contributed by atoms with Gasteiger partial charge in [-0.25, -0.2) is 4.98 Å². The number of nitrogens with zero attached hydrogens (tertiary/aromatic N) is 1. The van der Waals surface area contributed by atoms with Crippen molar-refractivity contribution in [1.82, 2.24) is 4.98 Å². The number of para-hydroxylation sites is 1. The molecular formula is C15H18N2O2. The summed E-state index contributed by atoms with van der Waals surface area (Å²) in [6.07, 6.45) is 1.68. The van der Waals surface area contributed by atoms with E-state index in [-0.39, 0.29) is 0 Å². The van der Waals surface area contributed by atoms with Gasteiger partial charge in [-0.1, -0.05) is 18.2 Å². The molecule has 2 rings (SSSR count). The second-order valence-electron chi connectivity index (χ2n) is 4.72. The topological polar surface area (TPSA) is 68.4 Å². The van der Waals surface area contributed by atoms with Crippen LogP contribution in [-0.2, 0) is 5.60 Å². The largest absolute Gasteiger partial charge is 0.496 e. The Balaban J connectivity index is 2.61. The maximum absolute atomic E-state index is 10.9. The van der Waals surface area contributed by atoms with E-state index in [0.29, 0.717) is 22.7 Å². The van der Waals surface area contributed by atoms with Crippen molar-refractivity contribution in [3.8, 4) is 5.75 Å². The van der Waals surface area contributed by atoms with Crippen molar-refractivity contribution in [1.29, 1.82) is 0 Å². The average Bonchev–Trinajstić information content (AvgIpc) is 2.41. The van der Waals surface area contributed by atoms with E-state index in [4.69, 9.17) is 10.5 Å². The van der Waals surface area contributed by atoms with E-state index in [9.17, 15) is 5.11 Å². The first-order chi connectivity index (χ1) is 8.96. The Labute approximate surface area is 112 Å². The van der Waals surface area contributed by atoms with E-state index in [1.54, 1.807) is 20.2 Å². The first-order valence-corrected chi connectivity index (χ1v) is 6.05. The molecule has 0 fully saturated rings. The standard InChI is InChI=1S/C15H18N2O2/c1-10-8-12(14(16)17-9-10)15(2,18)11-6-4-5-7-13(11)19-3/h4-9,18H,1-3H3,(H2,16,17). The molecule has 2 aromatic rings. The fourth-order valence-corrected chi connectivity index (χ4v) is 2.16. The number of methoxy groups -OCH3 is 1. The van der Waals surface area contributed by atoms with E-state index in [1.807, 2.05) is 37.3 Å². The average molecular weight is 258 g/mol. The number of ether oxygens (including phenoxy) is 1. The molecule has 0 bridgehead atoms. The Morgan fingerprint density at radius 2 is 1.95 bits per heavy atom. The van der Waals surface area contributed by atoms with Crippen molar-refractivity contribution < 1.29 is 9.84 Å². The number of nitrogens with two attached hydrogens (primary N) is 1. The minimum Gasteiger partial charge on any atom is -0.496 e.